The first kappa shape index (κ1) is 26.0. The monoisotopic (exact) mass is 508 g/mol. The van der Waals surface area contributed by atoms with Crippen LogP contribution in [0.25, 0.3) is 10.9 Å². The third kappa shape index (κ3) is 6.56. The van der Waals surface area contributed by atoms with E-state index in [1.54, 1.807) is 0 Å². The molecule has 0 amide bonds. The second-order valence-corrected chi connectivity index (χ2v) is 9.58. The van der Waals surface area contributed by atoms with E-state index in [9.17, 15) is 4.79 Å². The van der Waals surface area contributed by atoms with Crippen LogP contribution < -0.4 is 20.3 Å². The van der Waals surface area contributed by atoms with E-state index in [2.05, 4.69) is 65.1 Å². The Hall–Kier alpha value is -3.10. The first-order chi connectivity index (χ1) is 17.5. The molecule has 0 atom stereocenters. The third-order valence-corrected chi connectivity index (χ3v) is 7.04. The lowest BCUT2D eigenvalue weighted by Crippen LogP contribution is -2.42. The van der Waals surface area contributed by atoms with E-state index < -0.39 is 0 Å². The van der Waals surface area contributed by atoms with Crippen LogP contribution in [0.5, 0.6) is 11.5 Å². The van der Waals surface area contributed by atoms with Gasteiger partial charge in [0.2, 0.25) is 6.79 Å². The molecule has 8 heteroatoms. The van der Waals surface area contributed by atoms with Crippen LogP contribution >= 0.6 is 12.2 Å². The molecule has 0 radical (unpaired) electrons. The van der Waals surface area contributed by atoms with Crippen molar-refractivity contribution >= 4 is 28.2 Å². The first-order valence-electron chi connectivity index (χ1n) is 12.7. The fourth-order valence-corrected chi connectivity index (χ4v) is 4.76. The van der Waals surface area contributed by atoms with Gasteiger partial charge < -0.3 is 29.6 Å². The average Bonchev–Trinajstić information content (AvgIpc) is 3.32. The highest BCUT2D eigenvalue weighted by Crippen LogP contribution is 2.35. The molecule has 36 heavy (non-hydrogen) atoms. The second-order valence-electron chi connectivity index (χ2n) is 9.19. The summed E-state index contributed by atoms with van der Waals surface area (Å²) >= 11 is 5.81. The molecule has 1 aliphatic heterocycles. The number of hydrogen-bond donors (Lipinski definition) is 2. The fraction of sp³-hybridized carbons (Fsp3) is 0.429. The number of thiocarbonyl (C=S) groups is 1. The van der Waals surface area contributed by atoms with Crippen molar-refractivity contribution in [2.75, 3.05) is 39.5 Å². The number of aromatic amines is 1. The molecule has 7 nitrogen and oxygen atoms in total. The predicted octanol–water partition coefficient (Wildman–Crippen LogP) is 4.22. The van der Waals surface area contributed by atoms with Crippen molar-refractivity contribution in [3.8, 4) is 11.5 Å². The summed E-state index contributed by atoms with van der Waals surface area (Å²) in [7, 11) is 0. The minimum atomic E-state index is -0.119. The number of fused-ring (bicyclic) bond motifs is 2. The molecule has 3 aromatic rings. The standard InChI is InChI=1S/C28H36N4O3S/c1-4-31(5-2)12-7-11-29-28(36)32(13-10-21-9-6-8-20(3)14-21)18-23-15-22-16-25-26(35-19-34-25)17-24(22)30-27(23)33/h6,8-9,14-17H,4-5,7,10-13,18-19H2,1-3H3,(H,29,36)(H,30,33). The van der Waals surface area contributed by atoms with Gasteiger partial charge in [-0.05, 0) is 69.3 Å². The molecule has 0 spiro atoms. The zero-order valence-electron chi connectivity index (χ0n) is 21.4. The molecule has 0 fully saturated rings. The minimum Gasteiger partial charge on any atom is -0.454 e. The molecule has 2 N–H and O–H groups in total. The van der Waals surface area contributed by atoms with Gasteiger partial charge in [0.15, 0.2) is 16.6 Å². The molecular formula is C28H36N4O3S. The van der Waals surface area contributed by atoms with Crippen LogP contribution in [0, 0.1) is 6.92 Å². The van der Waals surface area contributed by atoms with Crippen LogP contribution in [0.15, 0.2) is 47.3 Å². The molecular weight excluding hydrogens is 472 g/mol. The van der Waals surface area contributed by atoms with Gasteiger partial charge in [-0.25, -0.2) is 0 Å². The van der Waals surface area contributed by atoms with Crippen molar-refractivity contribution in [1.29, 1.82) is 0 Å². The van der Waals surface area contributed by atoms with E-state index in [4.69, 9.17) is 21.7 Å². The van der Waals surface area contributed by atoms with Gasteiger partial charge in [-0.2, -0.15) is 0 Å². The summed E-state index contributed by atoms with van der Waals surface area (Å²) < 4.78 is 11.0. The molecule has 1 aliphatic rings. The number of hydrogen-bond acceptors (Lipinski definition) is 5. The molecule has 2 aromatic carbocycles. The zero-order chi connectivity index (χ0) is 25.5. The summed E-state index contributed by atoms with van der Waals surface area (Å²) in [5, 5.41) is 5.01. The number of nitrogens with zero attached hydrogens (tertiary/aromatic N) is 2. The van der Waals surface area contributed by atoms with Gasteiger partial charge in [0.1, 0.15) is 0 Å². The molecule has 4 rings (SSSR count). The normalized spacial score (nSPS) is 12.3. The molecule has 0 bridgehead atoms. The van der Waals surface area contributed by atoms with E-state index in [1.165, 1.54) is 11.1 Å². The Morgan fingerprint density at radius 3 is 2.61 bits per heavy atom. The molecule has 0 saturated heterocycles. The fourth-order valence-electron chi connectivity index (χ4n) is 4.50. The molecule has 0 aliphatic carbocycles. The van der Waals surface area contributed by atoms with E-state index in [1.807, 2.05) is 18.2 Å². The summed E-state index contributed by atoms with van der Waals surface area (Å²) in [6.07, 6.45) is 1.85. The van der Waals surface area contributed by atoms with E-state index in [-0.39, 0.29) is 12.4 Å². The highest BCUT2D eigenvalue weighted by atomic mass is 32.1. The summed E-state index contributed by atoms with van der Waals surface area (Å²) in [5.74, 6) is 1.35. The Balaban J connectivity index is 1.49. The lowest BCUT2D eigenvalue weighted by atomic mass is 10.1. The SMILES string of the molecule is CCN(CC)CCCNC(=S)N(CCc1cccc(C)c1)Cc1cc2cc3c(cc2[nH]c1=O)OCO3. The summed E-state index contributed by atoms with van der Waals surface area (Å²) in [6.45, 7) is 11.7. The first-order valence-corrected chi connectivity index (χ1v) is 13.1. The topological polar surface area (TPSA) is 69.8 Å². The number of aryl methyl sites for hydroxylation is 1. The van der Waals surface area contributed by atoms with Gasteiger partial charge in [-0.1, -0.05) is 43.7 Å². The number of ether oxygens (including phenoxy) is 2. The predicted molar refractivity (Wildman–Crippen MR) is 149 cm³/mol. The molecule has 0 saturated carbocycles. The van der Waals surface area contributed by atoms with Crippen LogP contribution in [0.3, 0.4) is 0 Å². The number of nitrogens with one attached hydrogen (secondary N) is 2. The molecule has 2 heterocycles. The van der Waals surface area contributed by atoms with Crippen LogP contribution in [-0.2, 0) is 13.0 Å². The van der Waals surface area contributed by atoms with Crippen molar-refractivity contribution < 1.29 is 9.47 Å². The number of rotatable bonds is 11. The summed E-state index contributed by atoms with van der Waals surface area (Å²) in [5.41, 5.74) is 3.77. The Labute approximate surface area is 218 Å². The largest absolute Gasteiger partial charge is 0.454 e. The second kappa shape index (κ2) is 12.2. The van der Waals surface area contributed by atoms with Gasteiger partial charge in [0, 0.05) is 30.1 Å². The Bertz CT molecular complexity index is 1260. The Kier molecular flexibility index (Phi) is 8.83. The van der Waals surface area contributed by atoms with E-state index in [0.29, 0.717) is 35.3 Å². The number of pyridine rings is 1. The van der Waals surface area contributed by atoms with Crippen LogP contribution in [0.2, 0.25) is 0 Å². The van der Waals surface area contributed by atoms with Gasteiger partial charge in [-0.15, -0.1) is 0 Å². The third-order valence-electron chi connectivity index (χ3n) is 6.64. The van der Waals surface area contributed by atoms with Crippen LogP contribution in [-0.4, -0.2) is 59.4 Å². The molecule has 0 unspecified atom stereocenters. The van der Waals surface area contributed by atoms with Crippen molar-refractivity contribution in [1.82, 2.24) is 20.1 Å². The Morgan fingerprint density at radius 2 is 1.86 bits per heavy atom. The van der Waals surface area contributed by atoms with Crippen molar-refractivity contribution in [3.63, 3.8) is 0 Å². The van der Waals surface area contributed by atoms with Crippen molar-refractivity contribution in [2.45, 2.75) is 40.2 Å². The number of aromatic nitrogens is 1. The van der Waals surface area contributed by atoms with Gasteiger partial charge in [0.05, 0.1) is 12.1 Å². The van der Waals surface area contributed by atoms with Crippen LogP contribution in [0.4, 0.5) is 0 Å². The maximum atomic E-state index is 13.0. The average molecular weight is 509 g/mol. The summed E-state index contributed by atoms with van der Waals surface area (Å²) in [6, 6.07) is 14.2. The maximum Gasteiger partial charge on any atom is 0.253 e. The van der Waals surface area contributed by atoms with Gasteiger partial charge in [0.25, 0.3) is 5.56 Å². The zero-order valence-corrected chi connectivity index (χ0v) is 22.2. The minimum absolute atomic E-state index is 0.119. The quantitative estimate of drug-likeness (QED) is 0.297. The Morgan fingerprint density at radius 1 is 1.08 bits per heavy atom. The lowest BCUT2D eigenvalue weighted by molar-refractivity contribution is 0.174. The van der Waals surface area contributed by atoms with Gasteiger partial charge >= 0.3 is 0 Å². The van der Waals surface area contributed by atoms with Crippen LogP contribution in [0.1, 0.15) is 37.0 Å². The van der Waals surface area contributed by atoms with E-state index in [0.717, 1.165) is 49.9 Å². The lowest BCUT2D eigenvalue weighted by Gasteiger charge is -2.26. The highest BCUT2D eigenvalue weighted by Gasteiger charge is 2.17. The highest BCUT2D eigenvalue weighted by molar-refractivity contribution is 7.80. The number of benzene rings is 2. The molecule has 1 aromatic heterocycles. The van der Waals surface area contributed by atoms with Crippen molar-refractivity contribution in [2.24, 2.45) is 0 Å². The molecule has 192 valence electrons. The van der Waals surface area contributed by atoms with Gasteiger partial charge in [-0.3, -0.25) is 4.79 Å². The number of H-pyrrole nitrogens is 1. The maximum absolute atomic E-state index is 13.0. The van der Waals surface area contributed by atoms with E-state index >= 15 is 0 Å². The smallest absolute Gasteiger partial charge is 0.253 e. The summed E-state index contributed by atoms with van der Waals surface area (Å²) in [4.78, 5) is 20.5. The van der Waals surface area contributed by atoms with Crippen molar-refractivity contribution in [3.05, 3.63) is 69.5 Å².